The fourth-order valence-corrected chi connectivity index (χ4v) is 0.851. The number of hydrogen-bond acceptors (Lipinski definition) is 3. The Bertz CT molecular complexity index is 332. The zero-order chi connectivity index (χ0) is 10.9. The second kappa shape index (κ2) is 3.39. The van der Waals surface area contributed by atoms with Crippen LogP contribution in [0.25, 0.3) is 0 Å². The molecule has 1 heterocycles. The van der Waals surface area contributed by atoms with Crippen molar-refractivity contribution in [2.24, 2.45) is 7.05 Å². The van der Waals surface area contributed by atoms with E-state index in [1.165, 1.54) is 4.68 Å². The SMILES string of the molecule is Cc1c(N)c(OCC(F)(F)F)nn1C. The minimum Gasteiger partial charge on any atom is -0.465 e. The first-order valence-corrected chi connectivity index (χ1v) is 3.80. The van der Waals surface area contributed by atoms with Crippen LogP contribution < -0.4 is 10.5 Å². The Morgan fingerprint density at radius 2 is 2.07 bits per heavy atom. The molecule has 0 aromatic carbocycles. The summed E-state index contributed by atoms with van der Waals surface area (Å²) >= 11 is 0. The minimum atomic E-state index is -4.38. The van der Waals surface area contributed by atoms with Gasteiger partial charge in [-0.2, -0.15) is 13.2 Å². The van der Waals surface area contributed by atoms with Gasteiger partial charge in [0.05, 0.1) is 5.69 Å². The van der Waals surface area contributed by atoms with E-state index in [-0.39, 0.29) is 11.6 Å². The van der Waals surface area contributed by atoms with Crippen molar-refractivity contribution < 1.29 is 17.9 Å². The molecule has 0 amide bonds. The molecule has 1 aromatic rings. The van der Waals surface area contributed by atoms with Gasteiger partial charge in [-0.3, -0.25) is 4.68 Å². The molecule has 1 rings (SSSR count). The van der Waals surface area contributed by atoms with Gasteiger partial charge in [0.25, 0.3) is 5.88 Å². The molecule has 0 aliphatic rings. The highest BCUT2D eigenvalue weighted by Gasteiger charge is 2.29. The lowest BCUT2D eigenvalue weighted by Crippen LogP contribution is -2.19. The van der Waals surface area contributed by atoms with E-state index in [4.69, 9.17) is 5.73 Å². The number of nitrogens with two attached hydrogens (primary N) is 1. The number of ether oxygens (including phenoxy) is 1. The summed E-state index contributed by atoms with van der Waals surface area (Å²) in [6.07, 6.45) is -4.38. The number of anilines is 1. The third kappa shape index (κ3) is 2.30. The van der Waals surface area contributed by atoms with Crippen LogP contribution in [0.3, 0.4) is 0 Å². The smallest absolute Gasteiger partial charge is 0.422 e. The zero-order valence-electron chi connectivity index (χ0n) is 7.72. The van der Waals surface area contributed by atoms with Crippen LogP contribution in [0.1, 0.15) is 5.69 Å². The van der Waals surface area contributed by atoms with E-state index in [1.54, 1.807) is 14.0 Å². The molecule has 14 heavy (non-hydrogen) atoms. The van der Waals surface area contributed by atoms with Crippen LogP contribution in [0, 0.1) is 6.92 Å². The summed E-state index contributed by atoms with van der Waals surface area (Å²) < 4.78 is 41.1. The summed E-state index contributed by atoms with van der Waals surface area (Å²) in [6, 6.07) is 0. The number of alkyl halides is 3. The van der Waals surface area contributed by atoms with E-state index >= 15 is 0 Å². The Hall–Kier alpha value is -1.40. The highest BCUT2D eigenvalue weighted by Crippen LogP contribution is 2.24. The van der Waals surface area contributed by atoms with Crippen LogP contribution in [0.15, 0.2) is 0 Å². The van der Waals surface area contributed by atoms with Crippen LogP contribution in [-0.2, 0) is 7.05 Å². The van der Waals surface area contributed by atoms with Crippen LogP contribution in [0.5, 0.6) is 5.88 Å². The standard InChI is InChI=1S/C7H10F3N3O/c1-4-5(11)6(12-13(4)2)14-3-7(8,9)10/h3,11H2,1-2H3. The lowest BCUT2D eigenvalue weighted by atomic mass is 10.4. The second-order valence-corrected chi connectivity index (χ2v) is 2.83. The van der Waals surface area contributed by atoms with Gasteiger partial charge in [-0.15, -0.1) is 5.10 Å². The lowest BCUT2D eigenvalue weighted by molar-refractivity contribution is -0.154. The van der Waals surface area contributed by atoms with E-state index in [1.807, 2.05) is 0 Å². The average molecular weight is 209 g/mol. The van der Waals surface area contributed by atoms with E-state index in [0.717, 1.165) is 0 Å². The highest BCUT2D eigenvalue weighted by atomic mass is 19.4. The summed E-state index contributed by atoms with van der Waals surface area (Å²) in [5, 5.41) is 3.68. The molecule has 80 valence electrons. The number of rotatable bonds is 2. The van der Waals surface area contributed by atoms with Crippen molar-refractivity contribution >= 4 is 5.69 Å². The molecule has 4 nitrogen and oxygen atoms in total. The van der Waals surface area contributed by atoms with Gasteiger partial charge in [0.15, 0.2) is 6.61 Å². The van der Waals surface area contributed by atoms with Crippen LogP contribution in [-0.4, -0.2) is 22.6 Å². The quantitative estimate of drug-likeness (QED) is 0.797. The van der Waals surface area contributed by atoms with Crippen molar-refractivity contribution in [2.45, 2.75) is 13.1 Å². The Balaban J connectivity index is 2.73. The molecule has 2 N–H and O–H groups in total. The Kier molecular flexibility index (Phi) is 2.59. The van der Waals surface area contributed by atoms with Crippen molar-refractivity contribution in [2.75, 3.05) is 12.3 Å². The lowest BCUT2D eigenvalue weighted by Gasteiger charge is -2.06. The summed E-state index contributed by atoms with van der Waals surface area (Å²) in [5.74, 6) is -0.178. The maximum atomic E-state index is 11.8. The maximum Gasteiger partial charge on any atom is 0.422 e. The first kappa shape index (κ1) is 10.7. The predicted octanol–water partition coefficient (Wildman–Crippen LogP) is 1.25. The first-order valence-electron chi connectivity index (χ1n) is 3.80. The molecule has 0 saturated carbocycles. The molecule has 0 unspecified atom stereocenters. The van der Waals surface area contributed by atoms with Crippen molar-refractivity contribution in [1.29, 1.82) is 0 Å². The van der Waals surface area contributed by atoms with Crippen molar-refractivity contribution in [1.82, 2.24) is 9.78 Å². The molecular formula is C7H10F3N3O. The average Bonchev–Trinajstić information content (AvgIpc) is 2.28. The van der Waals surface area contributed by atoms with Gasteiger partial charge >= 0.3 is 6.18 Å². The molecule has 1 aromatic heterocycles. The van der Waals surface area contributed by atoms with Crippen molar-refractivity contribution in [3.63, 3.8) is 0 Å². The molecular weight excluding hydrogens is 199 g/mol. The van der Waals surface area contributed by atoms with Gasteiger partial charge in [-0.05, 0) is 6.92 Å². The Morgan fingerprint density at radius 3 is 2.43 bits per heavy atom. The minimum absolute atomic E-state index is 0.136. The topological polar surface area (TPSA) is 53.1 Å². The maximum absolute atomic E-state index is 11.8. The monoisotopic (exact) mass is 209 g/mol. The molecule has 7 heteroatoms. The van der Waals surface area contributed by atoms with Crippen molar-refractivity contribution in [3.05, 3.63) is 5.69 Å². The zero-order valence-corrected chi connectivity index (χ0v) is 7.72. The number of nitrogens with zero attached hydrogens (tertiary/aromatic N) is 2. The van der Waals surface area contributed by atoms with E-state index in [0.29, 0.717) is 5.69 Å². The molecule has 0 bridgehead atoms. The van der Waals surface area contributed by atoms with Crippen LogP contribution >= 0.6 is 0 Å². The fraction of sp³-hybridized carbons (Fsp3) is 0.571. The van der Waals surface area contributed by atoms with Gasteiger partial charge < -0.3 is 10.5 Å². The van der Waals surface area contributed by atoms with E-state index in [9.17, 15) is 13.2 Å². The summed E-state index contributed by atoms with van der Waals surface area (Å²) in [7, 11) is 1.58. The molecule has 0 atom stereocenters. The number of halogens is 3. The van der Waals surface area contributed by atoms with Crippen LogP contribution in [0.2, 0.25) is 0 Å². The van der Waals surface area contributed by atoms with Gasteiger partial charge in [0, 0.05) is 7.05 Å². The largest absolute Gasteiger partial charge is 0.465 e. The Labute approximate surface area is 78.4 Å². The molecule has 0 radical (unpaired) electrons. The second-order valence-electron chi connectivity index (χ2n) is 2.83. The number of aryl methyl sites for hydroxylation is 1. The highest BCUT2D eigenvalue weighted by molar-refractivity contribution is 5.52. The number of aromatic nitrogens is 2. The summed E-state index contributed by atoms with van der Waals surface area (Å²) in [5.41, 5.74) is 6.16. The number of hydrogen-bond donors (Lipinski definition) is 1. The van der Waals surface area contributed by atoms with Crippen molar-refractivity contribution in [3.8, 4) is 5.88 Å². The molecule has 0 spiro atoms. The third-order valence-electron chi connectivity index (χ3n) is 1.72. The Morgan fingerprint density at radius 1 is 1.50 bits per heavy atom. The summed E-state index contributed by atoms with van der Waals surface area (Å²) in [6.45, 7) is 0.260. The molecule has 0 aliphatic carbocycles. The van der Waals surface area contributed by atoms with E-state index in [2.05, 4.69) is 9.84 Å². The van der Waals surface area contributed by atoms with E-state index < -0.39 is 12.8 Å². The molecule has 0 fully saturated rings. The van der Waals surface area contributed by atoms with Crippen LogP contribution in [0.4, 0.5) is 18.9 Å². The van der Waals surface area contributed by atoms with Gasteiger partial charge in [-0.1, -0.05) is 0 Å². The van der Waals surface area contributed by atoms with Gasteiger partial charge in [0.2, 0.25) is 0 Å². The van der Waals surface area contributed by atoms with Gasteiger partial charge in [-0.25, -0.2) is 0 Å². The first-order chi connectivity index (χ1) is 6.31. The van der Waals surface area contributed by atoms with Gasteiger partial charge in [0.1, 0.15) is 5.69 Å². The third-order valence-corrected chi connectivity index (χ3v) is 1.72. The fourth-order valence-electron chi connectivity index (χ4n) is 0.851. The number of nitrogen functional groups attached to an aromatic ring is 1. The molecule has 0 saturated heterocycles. The normalized spacial score (nSPS) is 11.8. The summed E-state index contributed by atoms with van der Waals surface area (Å²) in [4.78, 5) is 0. The molecule has 0 aliphatic heterocycles. The predicted molar refractivity (Wildman–Crippen MR) is 43.9 cm³/mol.